The van der Waals surface area contributed by atoms with Crippen LogP contribution in [-0.2, 0) is 0 Å². The Morgan fingerprint density at radius 3 is 2.26 bits per heavy atom. The molecule has 0 aliphatic carbocycles. The van der Waals surface area contributed by atoms with E-state index in [0.717, 1.165) is 23.4 Å². The minimum Gasteiger partial charge on any atom is -0.406 e. The molecule has 19 heavy (non-hydrogen) atoms. The molecule has 2 rings (SSSR count). The Morgan fingerprint density at radius 1 is 1.16 bits per heavy atom. The molecule has 0 unspecified atom stereocenters. The molecule has 0 bridgehead atoms. The van der Waals surface area contributed by atoms with Gasteiger partial charge in [-0.2, -0.15) is 0 Å². The molecule has 0 saturated carbocycles. The molecule has 0 amide bonds. The average molecular weight is 269 g/mol. The maximum Gasteiger partial charge on any atom is 0.573 e. The van der Waals surface area contributed by atoms with Crippen LogP contribution < -0.4 is 4.74 Å². The van der Waals surface area contributed by atoms with Crippen LogP contribution in [0.2, 0.25) is 0 Å². The van der Waals surface area contributed by atoms with Crippen molar-refractivity contribution in [2.75, 3.05) is 0 Å². The summed E-state index contributed by atoms with van der Waals surface area (Å²) in [6.45, 7) is 4.13. The van der Waals surface area contributed by atoms with Crippen molar-refractivity contribution in [1.29, 1.82) is 0 Å². The minimum atomic E-state index is -4.66. The summed E-state index contributed by atoms with van der Waals surface area (Å²) in [6.07, 6.45) is -1.88. The van der Waals surface area contributed by atoms with E-state index in [1.807, 2.05) is 6.08 Å². The molecule has 0 fully saturated rings. The Balaban J connectivity index is 2.12. The highest BCUT2D eigenvalue weighted by atomic mass is 19.4. The third-order valence-corrected chi connectivity index (χ3v) is 2.82. The first kappa shape index (κ1) is 13.6. The minimum absolute atomic E-state index is 0.220. The van der Waals surface area contributed by atoms with Crippen molar-refractivity contribution in [2.24, 2.45) is 10.9 Å². The molecule has 5 heteroatoms. The number of benzene rings is 1. The summed E-state index contributed by atoms with van der Waals surface area (Å²) in [7, 11) is 0. The van der Waals surface area contributed by atoms with E-state index >= 15 is 0 Å². The molecule has 0 spiro atoms. The molecule has 102 valence electrons. The Morgan fingerprint density at radius 2 is 1.79 bits per heavy atom. The second-order valence-corrected chi connectivity index (χ2v) is 4.62. The second-order valence-electron chi connectivity index (χ2n) is 4.62. The Bertz CT molecular complexity index is 512. The first-order chi connectivity index (χ1) is 8.85. The molecule has 0 saturated heterocycles. The van der Waals surface area contributed by atoms with Crippen molar-refractivity contribution < 1.29 is 17.9 Å². The number of rotatable bonds is 3. The molecule has 1 aliphatic rings. The molecule has 0 N–H and O–H groups in total. The third-order valence-electron chi connectivity index (χ3n) is 2.82. The number of aliphatic imine (C=N–C) groups is 1. The van der Waals surface area contributed by atoms with Gasteiger partial charge in [-0.15, -0.1) is 13.2 Å². The molecule has 1 aromatic rings. The highest BCUT2D eigenvalue weighted by Crippen LogP contribution is 2.28. The summed E-state index contributed by atoms with van der Waals surface area (Å²) < 4.78 is 39.9. The van der Waals surface area contributed by atoms with Gasteiger partial charge in [-0.05, 0) is 30.2 Å². The van der Waals surface area contributed by atoms with Gasteiger partial charge >= 0.3 is 6.36 Å². The lowest BCUT2D eigenvalue weighted by Gasteiger charge is -2.09. The SMILES string of the molecule is CC(C)C1=NC(c2ccc(OC(F)(F)F)cc2)=CC1. The maximum atomic E-state index is 12.0. The number of hydrogen-bond acceptors (Lipinski definition) is 2. The molecular formula is C14H14F3NO. The predicted octanol–water partition coefficient (Wildman–Crippen LogP) is 4.43. The Labute approximate surface area is 109 Å². The zero-order chi connectivity index (χ0) is 14.0. The van der Waals surface area contributed by atoms with Crippen molar-refractivity contribution in [3.63, 3.8) is 0 Å². The first-order valence-electron chi connectivity index (χ1n) is 5.99. The third kappa shape index (κ3) is 3.59. The van der Waals surface area contributed by atoms with Crippen molar-refractivity contribution >= 4 is 11.4 Å². The van der Waals surface area contributed by atoms with Crippen molar-refractivity contribution in [1.82, 2.24) is 0 Å². The van der Waals surface area contributed by atoms with E-state index < -0.39 is 6.36 Å². The number of halogens is 3. The smallest absolute Gasteiger partial charge is 0.406 e. The standard InChI is InChI=1S/C14H14F3NO/c1-9(2)12-7-8-13(18-12)10-3-5-11(6-4-10)19-14(15,16)17/h3-6,8-9H,7H2,1-2H3. The van der Waals surface area contributed by atoms with E-state index in [1.165, 1.54) is 12.1 Å². The quantitative estimate of drug-likeness (QED) is 0.795. The van der Waals surface area contributed by atoms with Crippen LogP contribution in [0.25, 0.3) is 5.70 Å². The van der Waals surface area contributed by atoms with Crippen LogP contribution in [0.15, 0.2) is 35.3 Å². The summed E-state index contributed by atoms with van der Waals surface area (Å²) in [4.78, 5) is 4.48. The molecule has 0 aromatic heterocycles. The normalized spacial score (nSPS) is 15.5. The molecule has 0 radical (unpaired) electrons. The van der Waals surface area contributed by atoms with E-state index in [0.29, 0.717) is 5.92 Å². The zero-order valence-electron chi connectivity index (χ0n) is 10.7. The molecule has 1 heterocycles. The lowest BCUT2D eigenvalue weighted by molar-refractivity contribution is -0.274. The number of ether oxygens (including phenoxy) is 1. The lowest BCUT2D eigenvalue weighted by atomic mass is 10.1. The molecule has 1 aromatic carbocycles. The molecule has 1 aliphatic heterocycles. The van der Waals surface area contributed by atoms with Gasteiger partial charge in [-0.1, -0.05) is 19.9 Å². The van der Waals surface area contributed by atoms with Gasteiger partial charge in [-0.25, -0.2) is 0 Å². The van der Waals surface area contributed by atoms with E-state index in [1.54, 1.807) is 12.1 Å². The summed E-state index contributed by atoms with van der Waals surface area (Å²) in [5, 5.41) is 0. The van der Waals surface area contributed by atoms with E-state index in [9.17, 15) is 13.2 Å². The van der Waals surface area contributed by atoms with Crippen LogP contribution >= 0.6 is 0 Å². The lowest BCUT2D eigenvalue weighted by Crippen LogP contribution is -2.16. The van der Waals surface area contributed by atoms with E-state index in [4.69, 9.17) is 0 Å². The number of nitrogens with zero attached hydrogens (tertiary/aromatic N) is 1. The van der Waals surface area contributed by atoms with Crippen LogP contribution in [0.5, 0.6) is 5.75 Å². The summed E-state index contributed by atoms with van der Waals surface area (Å²) >= 11 is 0. The molecular weight excluding hydrogens is 255 g/mol. The van der Waals surface area contributed by atoms with E-state index in [-0.39, 0.29) is 5.75 Å². The Hall–Kier alpha value is -1.78. The first-order valence-corrected chi connectivity index (χ1v) is 5.99. The van der Waals surface area contributed by atoms with Crippen LogP contribution in [0.4, 0.5) is 13.2 Å². The van der Waals surface area contributed by atoms with Gasteiger partial charge in [0.25, 0.3) is 0 Å². The Kier molecular flexibility index (Phi) is 3.64. The number of alkyl halides is 3. The average Bonchev–Trinajstić information content (AvgIpc) is 2.77. The van der Waals surface area contributed by atoms with Gasteiger partial charge < -0.3 is 4.74 Å². The number of allylic oxidation sites excluding steroid dienone is 1. The summed E-state index contributed by atoms with van der Waals surface area (Å²) in [5.41, 5.74) is 2.69. The maximum absolute atomic E-state index is 12.0. The van der Waals surface area contributed by atoms with E-state index in [2.05, 4.69) is 23.6 Å². The molecule has 0 atom stereocenters. The van der Waals surface area contributed by atoms with Gasteiger partial charge in [0.2, 0.25) is 0 Å². The van der Waals surface area contributed by atoms with Gasteiger partial charge in [0, 0.05) is 17.7 Å². The highest BCUT2D eigenvalue weighted by Gasteiger charge is 2.31. The monoisotopic (exact) mass is 269 g/mol. The summed E-state index contributed by atoms with van der Waals surface area (Å²) in [5.74, 6) is 0.157. The zero-order valence-corrected chi connectivity index (χ0v) is 10.7. The van der Waals surface area contributed by atoms with Crippen molar-refractivity contribution in [3.8, 4) is 5.75 Å². The fraction of sp³-hybridized carbons (Fsp3) is 0.357. The second kappa shape index (κ2) is 5.07. The van der Waals surface area contributed by atoms with Gasteiger partial charge in [0.05, 0.1) is 5.70 Å². The van der Waals surface area contributed by atoms with Crippen molar-refractivity contribution in [3.05, 3.63) is 35.9 Å². The van der Waals surface area contributed by atoms with Crippen LogP contribution in [0.1, 0.15) is 25.8 Å². The van der Waals surface area contributed by atoms with Crippen LogP contribution in [-0.4, -0.2) is 12.1 Å². The molecule has 2 nitrogen and oxygen atoms in total. The van der Waals surface area contributed by atoms with Crippen LogP contribution in [0, 0.1) is 5.92 Å². The van der Waals surface area contributed by atoms with Gasteiger partial charge in [0.1, 0.15) is 5.75 Å². The van der Waals surface area contributed by atoms with Gasteiger partial charge in [-0.3, -0.25) is 4.99 Å². The van der Waals surface area contributed by atoms with Crippen molar-refractivity contribution in [2.45, 2.75) is 26.6 Å². The number of hydrogen-bond donors (Lipinski definition) is 0. The largest absolute Gasteiger partial charge is 0.573 e. The predicted molar refractivity (Wildman–Crippen MR) is 68.0 cm³/mol. The fourth-order valence-corrected chi connectivity index (χ4v) is 1.82. The van der Waals surface area contributed by atoms with Crippen LogP contribution in [0.3, 0.4) is 0 Å². The van der Waals surface area contributed by atoms with Gasteiger partial charge in [0.15, 0.2) is 0 Å². The topological polar surface area (TPSA) is 21.6 Å². The fourth-order valence-electron chi connectivity index (χ4n) is 1.82. The summed E-state index contributed by atoms with van der Waals surface area (Å²) in [6, 6.07) is 5.76. The highest BCUT2D eigenvalue weighted by molar-refractivity contribution is 5.96.